The molecule has 0 saturated carbocycles. The zero-order chi connectivity index (χ0) is 33.6. The first-order valence-corrected chi connectivity index (χ1v) is 15.0. The van der Waals surface area contributed by atoms with Crippen LogP contribution in [0.1, 0.15) is 72.8 Å². The van der Waals surface area contributed by atoms with Gasteiger partial charge in [0, 0.05) is 12.8 Å². The topological polar surface area (TPSA) is 217 Å². The third-order valence-electron chi connectivity index (χ3n) is 6.83. The van der Waals surface area contributed by atoms with Crippen LogP contribution < -0.4 is 27.0 Å². The molecule has 13 nitrogen and oxygen atoms in total. The van der Waals surface area contributed by atoms with Crippen molar-refractivity contribution in [2.24, 2.45) is 23.5 Å². The van der Waals surface area contributed by atoms with E-state index in [-0.39, 0.29) is 31.1 Å². The Morgan fingerprint density at radius 1 is 0.682 bits per heavy atom. The van der Waals surface area contributed by atoms with E-state index in [0.717, 1.165) is 0 Å². The zero-order valence-corrected chi connectivity index (χ0v) is 26.5. The Hall–Kier alpha value is -4.00. The lowest BCUT2D eigenvalue weighted by Crippen LogP contribution is -2.60. The Labute approximate surface area is 259 Å². The molecule has 0 aromatic heterocycles. The lowest BCUT2D eigenvalue weighted by molar-refractivity contribution is -0.142. The first-order chi connectivity index (χ1) is 20.5. The number of hydrogen-bond donors (Lipinski definition) is 7. The van der Waals surface area contributed by atoms with Gasteiger partial charge < -0.3 is 37.2 Å². The third-order valence-corrected chi connectivity index (χ3v) is 6.83. The molecule has 8 N–H and O–H groups in total. The predicted molar refractivity (Wildman–Crippen MR) is 164 cm³/mol. The lowest BCUT2D eigenvalue weighted by Gasteiger charge is -2.28. The van der Waals surface area contributed by atoms with Crippen LogP contribution in [-0.4, -0.2) is 76.0 Å². The number of carbonyl (C=O) groups is 6. The van der Waals surface area contributed by atoms with Gasteiger partial charge >= 0.3 is 11.9 Å². The average Bonchev–Trinajstić information content (AvgIpc) is 2.92. The molecule has 0 aliphatic heterocycles. The number of amides is 4. The molecular weight excluding hydrogens is 570 g/mol. The molecule has 0 aliphatic rings. The summed E-state index contributed by atoms with van der Waals surface area (Å²) in [6, 6.07) is 3.13. The standard InChI is InChI=1S/C31H49N5O8/c1-17(2)14-21(32)27(39)33-22(12-13-25(37)38)28(40)36-26(19(5)6)30(42)34-23(15-18(3)4)29(41)35-24(31(43)44)16-20-10-8-7-9-11-20/h7-11,17-19,21-24,26H,12-16,32H2,1-6H3,(H,33,39)(H,34,42)(H,35,41)(H,36,40)(H,37,38)(H,43,44)/t21-,22-,23-,24-,26-/m0/s1. The second-order valence-electron chi connectivity index (χ2n) is 12.2. The van der Waals surface area contributed by atoms with Crippen molar-refractivity contribution in [3.8, 4) is 0 Å². The predicted octanol–water partition coefficient (Wildman–Crippen LogP) is 1.19. The van der Waals surface area contributed by atoms with Gasteiger partial charge in [0.1, 0.15) is 24.2 Å². The van der Waals surface area contributed by atoms with E-state index < -0.39 is 78.1 Å². The van der Waals surface area contributed by atoms with E-state index in [9.17, 15) is 33.9 Å². The molecule has 0 bridgehead atoms. The second kappa shape index (κ2) is 18.6. The number of nitrogens with two attached hydrogens (primary N) is 1. The Kier molecular flexibility index (Phi) is 16.1. The summed E-state index contributed by atoms with van der Waals surface area (Å²) in [4.78, 5) is 75.8. The monoisotopic (exact) mass is 619 g/mol. The van der Waals surface area contributed by atoms with Crippen molar-refractivity contribution in [1.29, 1.82) is 0 Å². The van der Waals surface area contributed by atoms with E-state index >= 15 is 0 Å². The molecule has 5 atom stereocenters. The van der Waals surface area contributed by atoms with Crippen molar-refractivity contribution in [1.82, 2.24) is 21.3 Å². The highest BCUT2D eigenvalue weighted by molar-refractivity contribution is 5.95. The van der Waals surface area contributed by atoms with Crippen LogP contribution in [0.2, 0.25) is 0 Å². The maximum absolute atomic E-state index is 13.4. The van der Waals surface area contributed by atoms with E-state index in [1.54, 1.807) is 44.2 Å². The Bertz CT molecular complexity index is 1130. The molecule has 0 fully saturated rings. The summed E-state index contributed by atoms with van der Waals surface area (Å²) in [5.41, 5.74) is 6.65. The molecule has 1 rings (SSSR count). The van der Waals surface area contributed by atoms with Crippen LogP contribution in [0.3, 0.4) is 0 Å². The summed E-state index contributed by atoms with van der Waals surface area (Å²) in [5.74, 6) is -5.58. The van der Waals surface area contributed by atoms with Crippen molar-refractivity contribution >= 4 is 35.6 Å². The number of rotatable bonds is 19. The van der Waals surface area contributed by atoms with Gasteiger partial charge in [-0.3, -0.25) is 24.0 Å². The number of carbonyl (C=O) groups excluding carboxylic acids is 4. The van der Waals surface area contributed by atoms with Crippen LogP contribution in [-0.2, 0) is 35.2 Å². The SMILES string of the molecule is CC(C)C[C@H](NC(=O)[C@@H](NC(=O)[C@H](CCC(=O)O)NC(=O)[C@@H](N)CC(C)C)C(C)C)C(=O)N[C@@H](Cc1ccccc1)C(=O)O. The number of hydrogen-bond acceptors (Lipinski definition) is 7. The fourth-order valence-corrected chi connectivity index (χ4v) is 4.51. The highest BCUT2D eigenvalue weighted by Gasteiger charge is 2.33. The number of aliphatic carboxylic acids is 2. The lowest BCUT2D eigenvalue weighted by atomic mass is 9.98. The van der Waals surface area contributed by atoms with Gasteiger partial charge in [0.05, 0.1) is 6.04 Å². The first-order valence-electron chi connectivity index (χ1n) is 15.0. The van der Waals surface area contributed by atoms with Gasteiger partial charge in [-0.15, -0.1) is 0 Å². The molecular formula is C31H49N5O8. The smallest absolute Gasteiger partial charge is 0.326 e. The quantitative estimate of drug-likeness (QED) is 0.118. The molecule has 246 valence electrons. The Morgan fingerprint density at radius 3 is 1.70 bits per heavy atom. The van der Waals surface area contributed by atoms with Crippen LogP contribution in [0.25, 0.3) is 0 Å². The fraction of sp³-hybridized carbons (Fsp3) is 0.613. The van der Waals surface area contributed by atoms with Gasteiger partial charge in [0.15, 0.2) is 0 Å². The van der Waals surface area contributed by atoms with Crippen molar-refractivity contribution in [2.75, 3.05) is 0 Å². The second-order valence-corrected chi connectivity index (χ2v) is 12.2. The maximum atomic E-state index is 13.4. The number of carboxylic acids is 2. The fourth-order valence-electron chi connectivity index (χ4n) is 4.51. The van der Waals surface area contributed by atoms with Crippen LogP contribution >= 0.6 is 0 Å². The van der Waals surface area contributed by atoms with Crippen molar-refractivity contribution < 1.29 is 39.0 Å². The maximum Gasteiger partial charge on any atom is 0.326 e. The van der Waals surface area contributed by atoms with E-state index in [4.69, 9.17) is 10.8 Å². The molecule has 0 saturated heterocycles. The molecule has 1 aromatic rings. The van der Waals surface area contributed by atoms with E-state index in [0.29, 0.717) is 12.0 Å². The summed E-state index contributed by atoms with van der Waals surface area (Å²) in [7, 11) is 0. The van der Waals surface area contributed by atoms with Crippen LogP contribution in [0.15, 0.2) is 30.3 Å². The van der Waals surface area contributed by atoms with Crippen molar-refractivity contribution in [3.05, 3.63) is 35.9 Å². The summed E-state index contributed by atoms with van der Waals surface area (Å²) >= 11 is 0. The molecule has 0 spiro atoms. The molecule has 44 heavy (non-hydrogen) atoms. The van der Waals surface area contributed by atoms with Crippen molar-refractivity contribution in [3.63, 3.8) is 0 Å². The van der Waals surface area contributed by atoms with E-state index in [2.05, 4.69) is 21.3 Å². The number of benzene rings is 1. The van der Waals surface area contributed by atoms with E-state index in [1.807, 2.05) is 27.7 Å². The van der Waals surface area contributed by atoms with Gasteiger partial charge in [0.2, 0.25) is 23.6 Å². The normalized spacial score (nSPS) is 14.7. The van der Waals surface area contributed by atoms with Gasteiger partial charge in [-0.1, -0.05) is 71.9 Å². The first kappa shape index (κ1) is 38.0. The van der Waals surface area contributed by atoms with Gasteiger partial charge in [-0.25, -0.2) is 4.79 Å². The third kappa shape index (κ3) is 14.0. The van der Waals surface area contributed by atoms with Crippen molar-refractivity contribution in [2.45, 2.75) is 104 Å². The minimum Gasteiger partial charge on any atom is -0.481 e. The number of nitrogens with one attached hydrogen (secondary N) is 4. The van der Waals surface area contributed by atoms with Crippen LogP contribution in [0, 0.1) is 17.8 Å². The molecule has 13 heteroatoms. The molecule has 1 aromatic carbocycles. The van der Waals surface area contributed by atoms with Crippen LogP contribution in [0.5, 0.6) is 0 Å². The highest BCUT2D eigenvalue weighted by atomic mass is 16.4. The molecule has 0 heterocycles. The molecule has 0 aliphatic carbocycles. The molecule has 0 radical (unpaired) electrons. The number of carboxylic acid groups (broad SMARTS) is 2. The van der Waals surface area contributed by atoms with Gasteiger partial charge in [-0.2, -0.15) is 0 Å². The highest BCUT2D eigenvalue weighted by Crippen LogP contribution is 2.11. The van der Waals surface area contributed by atoms with Gasteiger partial charge in [-0.05, 0) is 42.6 Å². The summed E-state index contributed by atoms with van der Waals surface area (Å²) in [6.07, 6.45) is -0.0629. The minimum atomic E-state index is -1.27. The zero-order valence-electron chi connectivity index (χ0n) is 26.5. The van der Waals surface area contributed by atoms with E-state index in [1.165, 1.54) is 0 Å². The Balaban J connectivity index is 3.10. The summed E-state index contributed by atoms with van der Waals surface area (Å²) in [6.45, 7) is 10.8. The van der Waals surface area contributed by atoms with Crippen LogP contribution in [0.4, 0.5) is 0 Å². The molecule has 4 amide bonds. The largest absolute Gasteiger partial charge is 0.481 e. The average molecular weight is 620 g/mol. The molecule has 0 unspecified atom stereocenters. The van der Waals surface area contributed by atoms with Gasteiger partial charge in [0.25, 0.3) is 0 Å². The Morgan fingerprint density at radius 2 is 1.20 bits per heavy atom. The summed E-state index contributed by atoms with van der Waals surface area (Å²) < 4.78 is 0. The minimum absolute atomic E-state index is 0.0409. The summed E-state index contributed by atoms with van der Waals surface area (Å²) in [5, 5.41) is 29.2.